The van der Waals surface area contributed by atoms with Gasteiger partial charge >= 0.3 is 0 Å². The fourth-order valence-electron chi connectivity index (χ4n) is 1.14. The predicted octanol–water partition coefficient (Wildman–Crippen LogP) is 1.20. The van der Waals surface area contributed by atoms with E-state index in [1.807, 2.05) is 30.3 Å². The summed E-state index contributed by atoms with van der Waals surface area (Å²) < 4.78 is 4.89. The third kappa shape index (κ3) is 1.71. The molecule has 2 heteroatoms. The molecule has 1 aliphatic rings. The lowest BCUT2D eigenvalue weighted by atomic mass is 10.1. The molecule has 0 spiro atoms. The highest BCUT2D eigenvalue weighted by atomic mass is 16.6. The number of Topliss-reactive ketones (excluding diaryl/α,β-unsaturated/α-hetero) is 1. The Kier molecular flexibility index (Phi) is 1.92. The molecule has 0 aliphatic carbocycles. The smallest absolute Gasteiger partial charge is 0.168 e. The number of hydrogen-bond acceptors (Lipinski definition) is 2. The largest absolute Gasteiger partial charge is 0.365 e. The fourth-order valence-corrected chi connectivity index (χ4v) is 1.14. The van der Waals surface area contributed by atoms with E-state index in [1.165, 1.54) is 0 Å². The molecule has 2 nitrogen and oxygen atoms in total. The van der Waals surface area contributed by atoms with Crippen LogP contribution in [0.1, 0.15) is 5.56 Å². The van der Waals surface area contributed by atoms with Gasteiger partial charge in [0.25, 0.3) is 0 Å². The van der Waals surface area contributed by atoms with Gasteiger partial charge in [0, 0.05) is 6.42 Å². The van der Waals surface area contributed by atoms with Crippen molar-refractivity contribution >= 4 is 5.78 Å². The second kappa shape index (κ2) is 3.07. The van der Waals surface area contributed by atoms with E-state index in [1.54, 1.807) is 0 Å². The van der Waals surface area contributed by atoms with Crippen molar-refractivity contribution in [1.29, 1.82) is 0 Å². The second-order valence-electron chi connectivity index (χ2n) is 2.95. The zero-order chi connectivity index (χ0) is 8.39. The van der Waals surface area contributed by atoms with Crippen LogP contribution in [0.15, 0.2) is 30.3 Å². The van der Waals surface area contributed by atoms with E-state index in [0.29, 0.717) is 13.0 Å². The van der Waals surface area contributed by atoms with Gasteiger partial charge in [-0.15, -0.1) is 0 Å². The minimum atomic E-state index is -0.106. The maximum atomic E-state index is 11.2. The number of hydrogen-bond donors (Lipinski definition) is 0. The lowest BCUT2D eigenvalue weighted by Gasteiger charge is -1.96. The molecule has 1 heterocycles. The predicted molar refractivity (Wildman–Crippen MR) is 44.9 cm³/mol. The van der Waals surface area contributed by atoms with Crippen molar-refractivity contribution in [2.45, 2.75) is 12.5 Å². The molecule has 1 unspecified atom stereocenters. The first-order valence-corrected chi connectivity index (χ1v) is 4.04. The van der Waals surface area contributed by atoms with Gasteiger partial charge in [0.05, 0.1) is 6.61 Å². The number of epoxide rings is 1. The number of ether oxygens (including phenoxy) is 1. The van der Waals surface area contributed by atoms with E-state index < -0.39 is 0 Å². The van der Waals surface area contributed by atoms with Crippen LogP contribution < -0.4 is 0 Å². The number of rotatable bonds is 3. The van der Waals surface area contributed by atoms with Gasteiger partial charge in [0.2, 0.25) is 0 Å². The second-order valence-corrected chi connectivity index (χ2v) is 2.95. The van der Waals surface area contributed by atoms with Crippen molar-refractivity contribution in [2.75, 3.05) is 6.61 Å². The highest BCUT2D eigenvalue weighted by Gasteiger charge is 2.30. The van der Waals surface area contributed by atoms with Crippen LogP contribution in [0.2, 0.25) is 0 Å². The normalized spacial score (nSPS) is 20.5. The zero-order valence-electron chi connectivity index (χ0n) is 6.69. The van der Waals surface area contributed by atoms with E-state index in [0.717, 1.165) is 5.56 Å². The summed E-state index contributed by atoms with van der Waals surface area (Å²) in [5.41, 5.74) is 1.07. The Labute approximate surface area is 71.2 Å². The first-order chi connectivity index (χ1) is 5.86. The van der Waals surface area contributed by atoms with E-state index in [9.17, 15) is 4.79 Å². The molecule has 1 fully saturated rings. The van der Waals surface area contributed by atoms with E-state index in [4.69, 9.17) is 4.74 Å². The zero-order valence-corrected chi connectivity index (χ0v) is 6.69. The Bertz CT molecular complexity index is 275. The van der Waals surface area contributed by atoms with Crippen molar-refractivity contribution in [3.8, 4) is 0 Å². The summed E-state index contributed by atoms with van der Waals surface area (Å²) in [4.78, 5) is 11.2. The molecule has 1 aromatic carbocycles. The first kappa shape index (κ1) is 7.50. The molecule has 0 saturated carbocycles. The molecule has 1 atom stereocenters. The molecule has 1 saturated heterocycles. The number of carbonyl (C=O) groups excluding carboxylic acids is 1. The molecule has 0 aromatic heterocycles. The van der Waals surface area contributed by atoms with Gasteiger partial charge in [-0.05, 0) is 5.56 Å². The van der Waals surface area contributed by atoms with Gasteiger partial charge in [-0.25, -0.2) is 0 Å². The minimum absolute atomic E-state index is 0.106. The summed E-state index contributed by atoms with van der Waals surface area (Å²) in [6, 6.07) is 9.74. The van der Waals surface area contributed by atoms with E-state index in [-0.39, 0.29) is 11.9 Å². The molecule has 0 radical (unpaired) electrons. The maximum Gasteiger partial charge on any atom is 0.168 e. The topological polar surface area (TPSA) is 29.6 Å². The van der Waals surface area contributed by atoms with Crippen LogP contribution in [0, 0.1) is 0 Å². The summed E-state index contributed by atoms with van der Waals surface area (Å²) in [7, 11) is 0. The summed E-state index contributed by atoms with van der Waals surface area (Å²) in [5.74, 6) is 0.196. The Morgan fingerprint density at radius 2 is 2.08 bits per heavy atom. The Morgan fingerprint density at radius 3 is 2.67 bits per heavy atom. The van der Waals surface area contributed by atoms with Gasteiger partial charge in [0.1, 0.15) is 6.10 Å². The highest BCUT2D eigenvalue weighted by molar-refractivity contribution is 5.87. The van der Waals surface area contributed by atoms with Crippen molar-refractivity contribution in [3.05, 3.63) is 35.9 Å². The van der Waals surface area contributed by atoms with Crippen LogP contribution in [0.4, 0.5) is 0 Å². The third-order valence-electron chi connectivity index (χ3n) is 1.91. The summed E-state index contributed by atoms with van der Waals surface area (Å²) >= 11 is 0. The lowest BCUT2D eigenvalue weighted by Crippen LogP contribution is -2.09. The number of carbonyl (C=O) groups is 1. The van der Waals surface area contributed by atoms with Crippen LogP contribution in [0.25, 0.3) is 0 Å². The summed E-state index contributed by atoms with van der Waals surface area (Å²) in [5, 5.41) is 0. The average Bonchev–Trinajstić information content (AvgIpc) is 2.88. The first-order valence-electron chi connectivity index (χ1n) is 4.04. The third-order valence-corrected chi connectivity index (χ3v) is 1.91. The highest BCUT2D eigenvalue weighted by Crippen LogP contribution is 2.13. The molecule has 0 N–H and O–H groups in total. The Hall–Kier alpha value is -1.15. The molecule has 0 bridgehead atoms. The molecule has 1 aromatic rings. The molecule has 62 valence electrons. The summed E-state index contributed by atoms with van der Waals surface area (Å²) in [6.45, 7) is 0.617. The molecule has 1 aliphatic heterocycles. The van der Waals surface area contributed by atoms with Crippen molar-refractivity contribution in [3.63, 3.8) is 0 Å². The Morgan fingerprint density at radius 1 is 1.42 bits per heavy atom. The number of ketones is 1. The van der Waals surface area contributed by atoms with Crippen LogP contribution in [0.5, 0.6) is 0 Å². The van der Waals surface area contributed by atoms with Crippen LogP contribution in [-0.2, 0) is 16.0 Å². The van der Waals surface area contributed by atoms with Crippen molar-refractivity contribution in [2.24, 2.45) is 0 Å². The van der Waals surface area contributed by atoms with Crippen LogP contribution in [0.3, 0.4) is 0 Å². The molecule has 12 heavy (non-hydrogen) atoms. The SMILES string of the molecule is O=C(Cc1ccccc1)C1CO1. The van der Waals surface area contributed by atoms with Crippen LogP contribution in [-0.4, -0.2) is 18.5 Å². The monoisotopic (exact) mass is 162 g/mol. The summed E-state index contributed by atoms with van der Waals surface area (Å²) in [6.07, 6.45) is 0.399. The van der Waals surface area contributed by atoms with E-state index in [2.05, 4.69) is 0 Å². The fraction of sp³-hybridized carbons (Fsp3) is 0.300. The molecular weight excluding hydrogens is 152 g/mol. The Balaban J connectivity index is 1.98. The standard InChI is InChI=1S/C10H10O2/c11-9(10-7-12-10)6-8-4-2-1-3-5-8/h1-5,10H,6-7H2. The lowest BCUT2D eigenvalue weighted by molar-refractivity contribution is -0.119. The van der Waals surface area contributed by atoms with Gasteiger partial charge in [-0.1, -0.05) is 30.3 Å². The van der Waals surface area contributed by atoms with Crippen molar-refractivity contribution in [1.82, 2.24) is 0 Å². The van der Waals surface area contributed by atoms with E-state index >= 15 is 0 Å². The van der Waals surface area contributed by atoms with Gasteiger partial charge in [-0.3, -0.25) is 4.79 Å². The molecular formula is C10H10O2. The van der Waals surface area contributed by atoms with Crippen molar-refractivity contribution < 1.29 is 9.53 Å². The van der Waals surface area contributed by atoms with Gasteiger partial charge < -0.3 is 4.74 Å². The average molecular weight is 162 g/mol. The number of benzene rings is 1. The van der Waals surface area contributed by atoms with Crippen LogP contribution >= 0.6 is 0 Å². The molecule has 0 amide bonds. The quantitative estimate of drug-likeness (QED) is 0.625. The minimum Gasteiger partial charge on any atom is -0.365 e. The maximum absolute atomic E-state index is 11.2. The van der Waals surface area contributed by atoms with Gasteiger partial charge in [0.15, 0.2) is 5.78 Å². The molecule has 2 rings (SSSR count). The van der Waals surface area contributed by atoms with Gasteiger partial charge in [-0.2, -0.15) is 0 Å².